The highest BCUT2D eigenvalue weighted by Crippen LogP contribution is 2.34. The van der Waals surface area contributed by atoms with Crippen LogP contribution in [0.1, 0.15) is 30.1 Å². The summed E-state index contributed by atoms with van der Waals surface area (Å²) in [5.74, 6) is -1.23. The van der Waals surface area contributed by atoms with Crippen LogP contribution >= 0.6 is 0 Å². The SMILES string of the molecule is O=C1CCc2cc(C(O)CC(F)(F)F)c(F)cc2N1. The molecule has 1 amide bonds. The number of carbonyl (C=O) groups excluding carboxylic acids is 1. The number of alkyl halides is 3. The highest BCUT2D eigenvalue weighted by atomic mass is 19.4. The van der Waals surface area contributed by atoms with Crippen LogP contribution in [0.25, 0.3) is 0 Å². The van der Waals surface area contributed by atoms with E-state index in [1.807, 2.05) is 0 Å². The van der Waals surface area contributed by atoms with Crippen molar-refractivity contribution >= 4 is 11.6 Å². The molecule has 1 atom stereocenters. The van der Waals surface area contributed by atoms with Crippen molar-refractivity contribution < 1.29 is 27.5 Å². The van der Waals surface area contributed by atoms with E-state index in [0.717, 1.165) is 6.07 Å². The normalized spacial score (nSPS) is 16.8. The Morgan fingerprint density at radius 1 is 1.32 bits per heavy atom. The fourth-order valence-corrected chi connectivity index (χ4v) is 2.01. The van der Waals surface area contributed by atoms with Crippen molar-refractivity contribution in [3.05, 3.63) is 29.1 Å². The number of aliphatic hydroxyl groups is 1. The summed E-state index contributed by atoms with van der Waals surface area (Å²) in [6, 6.07) is 2.13. The largest absolute Gasteiger partial charge is 0.391 e. The Morgan fingerprint density at radius 2 is 2.00 bits per heavy atom. The highest BCUT2D eigenvalue weighted by molar-refractivity contribution is 5.93. The quantitative estimate of drug-likeness (QED) is 0.816. The third kappa shape index (κ3) is 3.23. The molecule has 104 valence electrons. The lowest BCUT2D eigenvalue weighted by atomic mass is 9.96. The minimum atomic E-state index is -4.57. The van der Waals surface area contributed by atoms with Crippen molar-refractivity contribution in [2.75, 3.05) is 5.32 Å². The van der Waals surface area contributed by atoms with Crippen LogP contribution in [0.15, 0.2) is 12.1 Å². The molecule has 2 N–H and O–H groups in total. The van der Waals surface area contributed by atoms with E-state index in [4.69, 9.17) is 0 Å². The fraction of sp³-hybridized carbons (Fsp3) is 0.417. The van der Waals surface area contributed by atoms with E-state index in [1.165, 1.54) is 6.07 Å². The smallest absolute Gasteiger partial charge is 0.388 e. The van der Waals surface area contributed by atoms with Gasteiger partial charge in [0.15, 0.2) is 0 Å². The summed E-state index contributed by atoms with van der Waals surface area (Å²) in [6.07, 6.45) is -7.52. The number of nitrogens with one attached hydrogen (secondary N) is 1. The molecule has 2 rings (SSSR count). The zero-order valence-corrected chi connectivity index (χ0v) is 9.72. The lowest BCUT2D eigenvalue weighted by Crippen LogP contribution is -2.20. The van der Waals surface area contributed by atoms with E-state index in [0.29, 0.717) is 12.0 Å². The molecule has 0 aromatic heterocycles. The molecule has 19 heavy (non-hydrogen) atoms. The minimum absolute atomic E-state index is 0.188. The van der Waals surface area contributed by atoms with E-state index < -0.39 is 30.1 Å². The number of aryl methyl sites for hydroxylation is 1. The molecule has 0 bridgehead atoms. The zero-order chi connectivity index (χ0) is 14.2. The molecule has 0 saturated heterocycles. The van der Waals surface area contributed by atoms with Crippen LogP contribution in [0, 0.1) is 5.82 Å². The molecular formula is C12H11F4NO2. The second-order valence-corrected chi connectivity index (χ2v) is 4.41. The summed E-state index contributed by atoms with van der Waals surface area (Å²) in [7, 11) is 0. The van der Waals surface area contributed by atoms with Gasteiger partial charge in [-0.3, -0.25) is 4.79 Å². The summed E-state index contributed by atoms with van der Waals surface area (Å²) in [6.45, 7) is 0. The van der Waals surface area contributed by atoms with Crippen molar-refractivity contribution in [3.63, 3.8) is 0 Å². The number of aliphatic hydroxyl groups excluding tert-OH is 1. The number of amides is 1. The van der Waals surface area contributed by atoms with Gasteiger partial charge in [0, 0.05) is 17.7 Å². The molecule has 0 fully saturated rings. The van der Waals surface area contributed by atoms with Crippen molar-refractivity contribution in [1.82, 2.24) is 0 Å². The predicted molar refractivity (Wildman–Crippen MR) is 59.0 cm³/mol. The second kappa shape index (κ2) is 4.80. The molecule has 0 radical (unpaired) electrons. The van der Waals surface area contributed by atoms with E-state index in [-0.39, 0.29) is 18.0 Å². The van der Waals surface area contributed by atoms with Gasteiger partial charge in [-0.05, 0) is 24.1 Å². The average molecular weight is 277 g/mol. The van der Waals surface area contributed by atoms with Crippen LogP contribution in [0.2, 0.25) is 0 Å². The lowest BCUT2D eigenvalue weighted by molar-refractivity contribution is -0.154. The maximum Gasteiger partial charge on any atom is 0.391 e. The van der Waals surface area contributed by atoms with Gasteiger partial charge in [0.25, 0.3) is 0 Å². The van der Waals surface area contributed by atoms with Gasteiger partial charge < -0.3 is 10.4 Å². The summed E-state index contributed by atoms with van der Waals surface area (Å²) in [5.41, 5.74) is 0.376. The first-order chi connectivity index (χ1) is 8.76. The topological polar surface area (TPSA) is 49.3 Å². The van der Waals surface area contributed by atoms with Crippen molar-refractivity contribution in [3.8, 4) is 0 Å². The second-order valence-electron chi connectivity index (χ2n) is 4.41. The maximum absolute atomic E-state index is 13.7. The van der Waals surface area contributed by atoms with E-state index in [2.05, 4.69) is 5.32 Å². The van der Waals surface area contributed by atoms with Gasteiger partial charge in [-0.15, -0.1) is 0 Å². The Labute approximate surface area is 106 Å². The van der Waals surface area contributed by atoms with Crippen molar-refractivity contribution in [2.24, 2.45) is 0 Å². The Morgan fingerprint density at radius 3 is 2.63 bits per heavy atom. The molecule has 1 heterocycles. The molecule has 0 saturated carbocycles. The van der Waals surface area contributed by atoms with Crippen LogP contribution in [0.5, 0.6) is 0 Å². The molecule has 1 unspecified atom stereocenters. The third-order valence-electron chi connectivity index (χ3n) is 2.90. The third-order valence-corrected chi connectivity index (χ3v) is 2.90. The van der Waals surface area contributed by atoms with E-state index >= 15 is 0 Å². The van der Waals surface area contributed by atoms with Gasteiger partial charge in [-0.1, -0.05) is 0 Å². The summed E-state index contributed by atoms with van der Waals surface area (Å²) in [4.78, 5) is 11.1. The van der Waals surface area contributed by atoms with Crippen molar-refractivity contribution in [2.45, 2.75) is 31.5 Å². The van der Waals surface area contributed by atoms with E-state index in [1.54, 1.807) is 0 Å². The number of benzene rings is 1. The lowest BCUT2D eigenvalue weighted by Gasteiger charge is -2.20. The van der Waals surface area contributed by atoms with Crippen LogP contribution in [0.4, 0.5) is 23.2 Å². The highest BCUT2D eigenvalue weighted by Gasteiger charge is 2.33. The molecule has 1 aromatic rings. The van der Waals surface area contributed by atoms with Crippen LogP contribution in [-0.2, 0) is 11.2 Å². The maximum atomic E-state index is 13.7. The molecular weight excluding hydrogens is 266 g/mol. The van der Waals surface area contributed by atoms with Gasteiger partial charge in [0.1, 0.15) is 5.82 Å². The average Bonchev–Trinajstić information content (AvgIpc) is 2.25. The minimum Gasteiger partial charge on any atom is -0.388 e. The van der Waals surface area contributed by atoms with Crippen molar-refractivity contribution in [1.29, 1.82) is 0 Å². The monoisotopic (exact) mass is 277 g/mol. The number of halogens is 4. The first-order valence-corrected chi connectivity index (χ1v) is 5.63. The number of hydrogen-bond donors (Lipinski definition) is 2. The first kappa shape index (κ1) is 13.8. The molecule has 0 spiro atoms. The number of anilines is 1. The Bertz CT molecular complexity index is 513. The first-order valence-electron chi connectivity index (χ1n) is 5.63. The Hall–Kier alpha value is -1.63. The number of fused-ring (bicyclic) bond motifs is 1. The summed E-state index contributed by atoms with van der Waals surface area (Å²) in [5, 5.41) is 11.9. The molecule has 3 nitrogen and oxygen atoms in total. The fourth-order valence-electron chi connectivity index (χ4n) is 2.01. The molecule has 1 aromatic carbocycles. The summed E-state index contributed by atoms with van der Waals surface area (Å²) < 4.78 is 50.2. The molecule has 1 aliphatic heterocycles. The van der Waals surface area contributed by atoms with Gasteiger partial charge in [-0.2, -0.15) is 13.2 Å². The zero-order valence-electron chi connectivity index (χ0n) is 9.72. The number of carbonyl (C=O) groups is 1. The standard InChI is InChI=1S/C12H11F4NO2/c13-8-4-9-6(1-2-11(19)17-9)3-7(8)10(18)5-12(14,15)16/h3-4,10,18H,1-2,5H2,(H,17,19). The summed E-state index contributed by atoms with van der Waals surface area (Å²) >= 11 is 0. The molecule has 0 aliphatic carbocycles. The van der Waals surface area contributed by atoms with Crippen LogP contribution in [0.3, 0.4) is 0 Å². The number of rotatable bonds is 2. The Balaban J connectivity index is 2.30. The predicted octanol–water partition coefficient (Wildman–Crippen LogP) is 2.70. The van der Waals surface area contributed by atoms with E-state index in [9.17, 15) is 27.5 Å². The van der Waals surface area contributed by atoms with Gasteiger partial charge in [-0.25, -0.2) is 4.39 Å². The van der Waals surface area contributed by atoms with Crippen LogP contribution < -0.4 is 5.32 Å². The molecule has 7 heteroatoms. The Kier molecular flexibility index (Phi) is 3.49. The van der Waals surface area contributed by atoms with Gasteiger partial charge in [0.2, 0.25) is 5.91 Å². The number of hydrogen-bond acceptors (Lipinski definition) is 2. The van der Waals surface area contributed by atoms with Gasteiger partial charge >= 0.3 is 6.18 Å². The van der Waals surface area contributed by atoms with Crippen LogP contribution in [-0.4, -0.2) is 17.2 Å². The van der Waals surface area contributed by atoms with Gasteiger partial charge in [0.05, 0.1) is 12.5 Å². The molecule has 1 aliphatic rings.